The summed E-state index contributed by atoms with van der Waals surface area (Å²) in [4.78, 5) is 35.3. The van der Waals surface area contributed by atoms with E-state index in [9.17, 15) is 4.79 Å². The third kappa shape index (κ3) is 4.30. The Morgan fingerprint density at radius 1 is 0.718 bits per heavy atom. The maximum atomic E-state index is 12.3. The summed E-state index contributed by atoms with van der Waals surface area (Å²) in [5, 5.41) is 3.72. The van der Waals surface area contributed by atoms with Crippen molar-refractivity contribution in [1.29, 1.82) is 0 Å². The molecule has 0 unspecified atom stereocenters. The number of thioether (sulfide) groups is 1. The van der Waals surface area contributed by atoms with Crippen LogP contribution < -0.4 is 21.4 Å². The van der Waals surface area contributed by atoms with Crippen molar-refractivity contribution in [1.82, 2.24) is 29.9 Å². The van der Waals surface area contributed by atoms with Crippen LogP contribution in [0.3, 0.4) is 0 Å². The van der Waals surface area contributed by atoms with Crippen LogP contribution in [0.5, 0.6) is 0 Å². The monoisotopic (exact) mass is 528 g/mol. The Morgan fingerprint density at radius 3 is 2.26 bits per heavy atom. The fourth-order valence-corrected chi connectivity index (χ4v) is 5.81. The van der Waals surface area contributed by atoms with Gasteiger partial charge in [0.05, 0.1) is 32.6 Å². The lowest BCUT2D eigenvalue weighted by Crippen LogP contribution is -2.17. The number of aromatic amines is 5. The number of hydrogen-bond donors (Lipinski definition) is 5. The molecule has 7 nitrogen and oxygen atoms in total. The van der Waals surface area contributed by atoms with Crippen LogP contribution in [-0.4, -0.2) is 35.0 Å². The third-order valence-corrected chi connectivity index (χ3v) is 7.64. The smallest absolute Gasteiger partial charge is 0.190 e. The van der Waals surface area contributed by atoms with Crippen LogP contribution in [0.4, 0.5) is 0 Å². The molecule has 8 bridgehead atoms. The summed E-state index contributed by atoms with van der Waals surface area (Å²) in [6, 6.07) is 26.7. The molecule has 8 heteroatoms. The van der Waals surface area contributed by atoms with Crippen LogP contribution in [0.15, 0.2) is 91.3 Å². The van der Waals surface area contributed by atoms with E-state index in [1.54, 1.807) is 13.1 Å². The Morgan fingerprint density at radius 2 is 1.46 bits per heavy atom. The van der Waals surface area contributed by atoms with E-state index in [0.29, 0.717) is 0 Å². The highest BCUT2D eigenvalue weighted by molar-refractivity contribution is 8.21. The molecule has 1 aromatic carbocycles. The van der Waals surface area contributed by atoms with Crippen molar-refractivity contribution in [2.75, 3.05) is 0 Å². The lowest BCUT2D eigenvalue weighted by atomic mass is 10.0. The summed E-state index contributed by atoms with van der Waals surface area (Å²) in [5.74, 6) is 0.768. The van der Waals surface area contributed by atoms with E-state index >= 15 is 0 Å². The van der Waals surface area contributed by atoms with E-state index < -0.39 is 0 Å². The first-order chi connectivity index (χ1) is 19.1. The van der Waals surface area contributed by atoms with Gasteiger partial charge in [-0.15, -0.1) is 0 Å². The summed E-state index contributed by atoms with van der Waals surface area (Å²) >= 11 is 1.22. The minimum absolute atomic E-state index is 0.0203. The first-order valence-corrected chi connectivity index (χ1v) is 13.4. The largest absolute Gasteiger partial charge is 0.355 e. The first-order valence-electron chi connectivity index (χ1n) is 12.6. The molecule has 1 aliphatic heterocycles. The number of aromatic nitrogens is 6. The average Bonchev–Trinajstić information content (AvgIpc) is 3.76. The van der Waals surface area contributed by atoms with Gasteiger partial charge in [-0.05, 0) is 71.9 Å². The number of nitrogens with zero attached hydrogens (tertiary/aromatic N) is 1. The lowest BCUT2D eigenvalue weighted by Gasteiger charge is -2.07. The summed E-state index contributed by atoms with van der Waals surface area (Å²) in [6.45, 7) is 1.59. The average molecular weight is 529 g/mol. The standard InChI is InChI=1S/C31H24N6OS/c1-18(38)39-30-26-10-8-21(35-26)17-20-7-9-24(34-20)29(31-32-15-16-33-31)25-12-11-22(36-25)28(19-5-3-2-4-6-19)23-13-14-27(30)37-23/h2-17,34-37H,1H3,(H,32,33). The van der Waals surface area contributed by atoms with Crippen LogP contribution in [0, 0.1) is 0 Å². The van der Waals surface area contributed by atoms with Gasteiger partial charge in [0.15, 0.2) is 5.12 Å². The van der Waals surface area contributed by atoms with Crippen LogP contribution in [0.1, 0.15) is 41.1 Å². The lowest BCUT2D eigenvalue weighted by molar-refractivity contribution is -0.109. The maximum Gasteiger partial charge on any atom is 0.190 e. The van der Waals surface area contributed by atoms with Crippen molar-refractivity contribution >= 4 is 39.0 Å². The Bertz CT molecular complexity index is 2070. The van der Waals surface area contributed by atoms with Gasteiger partial charge >= 0.3 is 0 Å². The highest BCUT2D eigenvalue weighted by atomic mass is 32.2. The zero-order chi connectivity index (χ0) is 26.3. The molecule has 0 radical (unpaired) electrons. The number of H-pyrrole nitrogens is 5. The predicted molar refractivity (Wildman–Crippen MR) is 154 cm³/mol. The van der Waals surface area contributed by atoms with Gasteiger partial charge in [0.1, 0.15) is 5.82 Å². The fraction of sp³-hybridized carbons (Fsp3) is 0.0323. The molecule has 6 heterocycles. The molecule has 0 fully saturated rings. The molecular formula is C31H24N6OS. The molecule has 1 aliphatic rings. The van der Waals surface area contributed by atoms with E-state index in [4.69, 9.17) is 0 Å². The first kappa shape index (κ1) is 23.2. The normalized spacial score (nSPS) is 13.0. The molecule has 0 aliphatic carbocycles. The summed E-state index contributed by atoms with van der Waals surface area (Å²) < 4.78 is 0. The molecule has 190 valence electrons. The van der Waals surface area contributed by atoms with Crippen molar-refractivity contribution < 1.29 is 4.79 Å². The number of nitrogens with one attached hydrogen (secondary N) is 5. The fourth-order valence-electron chi connectivity index (χ4n) is 5.06. The minimum atomic E-state index is 0.0203. The SMILES string of the molecule is CC(=O)SC1=c2ccc([nH]2)=C(c2ccccc2)c2ccc([nH]2)C(c2ncc[nH]2)=c2ccc([nH]2)=Cc2ccc1[nH]2. The Hall–Kier alpha value is -4.95. The van der Waals surface area contributed by atoms with Gasteiger partial charge in [0.25, 0.3) is 0 Å². The number of fused-ring (bicyclic) bond motifs is 8. The number of rotatable bonds is 3. The van der Waals surface area contributed by atoms with E-state index in [-0.39, 0.29) is 5.12 Å². The molecule has 5 aromatic heterocycles. The molecule has 6 aromatic rings. The highest BCUT2D eigenvalue weighted by Gasteiger charge is 2.16. The molecule has 0 atom stereocenters. The van der Waals surface area contributed by atoms with Crippen LogP contribution in [0.25, 0.3) is 22.1 Å². The number of benzene rings is 1. The van der Waals surface area contributed by atoms with Gasteiger partial charge in [-0.1, -0.05) is 30.3 Å². The Balaban J connectivity index is 1.60. The zero-order valence-electron chi connectivity index (χ0n) is 21.0. The van der Waals surface area contributed by atoms with Crippen molar-refractivity contribution in [2.24, 2.45) is 0 Å². The van der Waals surface area contributed by atoms with E-state index in [1.807, 2.05) is 48.7 Å². The number of hydrogen-bond acceptors (Lipinski definition) is 3. The summed E-state index contributed by atoms with van der Waals surface area (Å²) in [6.07, 6.45) is 5.64. The Labute approximate surface area is 227 Å². The van der Waals surface area contributed by atoms with E-state index in [1.165, 1.54) is 11.8 Å². The highest BCUT2D eigenvalue weighted by Crippen LogP contribution is 2.26. The van der Waals surface area contributed by atoms with Crippen LogP contribution in [0.2, 0.25) is 0 Å². The van der Waals surface area contributed by atoms with Gasteiger partial charge < -0.3 is 24.9 Å². The van der Waals surface area contributed by atoms with Gasteiger partial charge in [0, 0.05) is 47.0 Å². The van der Waals surface area contributed by atoms with Gasteiger partial charge in [0.2, 0.25) is 0 Å². The maximum absolute atomic E-state index is 12.3. The quantitative estimate of drug-likeness (QED) is 0.244. The van der Waals surface area contributed by atoms with Gasteiger partial charge in [-0.3, -0.25) is 4.79 Å². The predicted octanol–water partition coefficient (Wildman–Crippen LogP) is 2.80. The molecule has 5 N–H and O–H groups in total. The number of carbonyl (C=O) groups excluding carboxylic acids is 1. The zero-order valence-corrected chi connectivity index (χ0v) is 21.8. The Kier molecular flexibility index (Phi) is 5.60. The second-order valence-corrected chi connectivity index (χ2v) is 10.5. The number of imidazole rings is 1. The minimum Gasteiger partial charge on any atom is -0.355 e. The van der Waals surface area contributed by atoms with Crippen LogP contribution in [-0.2, 0) is 4.79 Å². The van der Waals surface area contributed by atoms with Crippen molar-refractivity contribution in [3.8, 4) is 0 Å². The molecule has 0 saturated carbocycles. The second-order valence-electron chi connectivity index (χ2n) is 9.35. The molecule has 0 spiro atoms. The molecule has 0 saturated heterocycles. The topological polar surface area (TPSA) is 109 Å². The molecule has 0 amide bonds. The van der Waals surface area contributed by atoms with Crippen molar-refractivity contribution in [3.63, 3.8) is 0 Å². The third-order valence-electron chi connectivity index (χ3n) is 6.71. The van der Waals surface area contributed by atoms with Crippen molar-refractivity contribution in [2.45, 2.75) is 6.92 Å². The molecule has 39 heavy (non-hydrogen) atoms. The number of carbonyl (C=O) groups is 1. The summed E-state index contributed by atoms with van der Waals surface area (Å²) in [5.41, 5.74) is 6.73. The molecular weight excluding hydrogens is 504 g/mol. The second kappa shape index (κ2) is 9.41. The summed E-state index contributed by atoms with van der Waals surface area (Å²) in [7, 11) is 0. The van der Waals surface area contributed by atoms with Crippen LogP contribution >= 0.6 is 11.8 Å². The van der Waals surface area contributed by atoms with E-state index in [2.05, 4.69) is 72.4 Å². The van der Waals surface area contributed by atoms with Gasteiger partial charge in [-0.25, -0.2) is 4.98 Å². The van der Waals surface area contributed by atoms with E-state index in [0.717, 1.165) is 71.6 Å². The molecule has 7 rings (SSSR count). The van der Waals surface area contributed by atoms with Gasteiger partial charge in [-0.2, -0.15) is 0 Å². The van der Waals surface area contributed by atoms with Crippen molar-refractivity contribution in [3.05, 3.63) is 147 Å².